The number of benzene rings is 1. The lowest BCUT2D eigenvalue weighted by molar-refractivity contribution is -0.385. The number of nitro benzene ring substituents is 1. The smallest absolute Gasteiger partial charge is 0.283 e. The number of anilines is 1. The fourth-order valence-electron chi connectivity index (χ4n) is 2.20. The van der Waals surface area contributed by atoms with Crippen LogP contribution in [-0.4, -0.2) is 20.6 Å². The zero-order chi connectivity index (χ0) is 21.3. The molecular weight excluding hydrogens is 543 g/mol. The highest BCUT2D eigenvalue weighted by Crippen LogP contribution is 2.38. The Morgan fingerprint density at radius 1 is 1.25 bits per heavy atom. The van der Waals surface area contributed by atoms with E-state index in [1.165, 1.54) is 0 Å². The molecule has 0 aliphatic heterocycles. The second kappa shape index (κ2) is 8.74. The second-order valence-electron chi connectivity index (χ2n) is 5.34. The first-order valence-corrected chi connectivity index (χ1v) is 9.20. The van der Waals surface area contributed by atoms with Crippen LogP contribution in [0.15, 0.2) is 21.1 Å². The Morgan fingerprint density at radius 3 is 2.21 bits per heavy atom. The predicted molar refractivity (Wildman–Crippen MR) is 99.0 cm³/mol. The van der Waals surface area contributed by atoms with E-state index in [2.05, 4.69) is 42.3 Å². The van der Waals surface area contributed by atoms with Gasteiger partial charge in [-0.25, -0.2) is 22.2 Å². The number of carbonyl (C=O) groups excluding carboxylic acids is 1. The lowest BCUT2D eigenvalue weighted by Crippen LogP contribution is -2.26. The molecule has 0 aliphatic rings. The van der Waals surface area contributed by atoms with Crippen molar-refractivity contribution in [3.05, 3.63) is 47.6 Å². The van der Waals surface area contributed by atoms with Crippen molar-refractivity contribution in [2.45, 2.75) is 25.8 Å². The molecule has 0 saturated heterocycles. The van der Waals surface area contributed by atoms with Crippen LogP contribution in [0.3, 0.4) is 0 Å². The van der Waals surface area contributed by atoms with E-state index in [-0.39, 0.29) is 20.3 Å². The van der Waals surface area contributed by atoms with Gasteiger partial charge in [0.2, 0.25) is 5.91 Å². The number of alkyl halides is 4. The van der Waals surface area contributed by atoms with Gasteiger partial charge in [-0.2, -0.15) is 5.10 Å². The van der Waals surface area contributed by atoms with Crippen LogP contribution in [0.5, 0.6) is 0 Å². The minimum Gasteiger partial charge on any atom is -0.322 e. The summed E-state index contributed by atoms with van der Waals surface area (Å²) >= 11 is 11.7. The number of halogens is 7. The number of rotatable bonds is 6. The van der Waals surface area contributed by atoms with Gasteiger partial charge in [-0.1, -0.05) is 11.6 Å². The summed E-state index contributed by atoms with van der Waals surface area (Å²) in [5, 5.41) is 15.7. The predicted octanol–water partition coefficient (Wildman–Crippen LogP) is 6.04. The first kappa shape index (κ1) is 22.6. The normalized spacial score (nSPS) is 12.5. The van der Waals surface area contributed by atoms with Crippen LogP contribution in [0.25, 0.3) is 0 Å². The molecule has 0 fully saturated rings. The van der Waals surface area contributed by atoms with Gasteiger partial charge in [0.1, 0.15) is 17.4 Å². The molecule has 152 valence electrons. The number of nitro groups is 1. The third-order valence-corrected chi connectivity index (χ3v) is 5.20. The van der Waals surface area contributed by atoms with E-state index >= 15 is 0 Å². The fourth-order valence-corrected chi connectivity index (χ4v) is 3.85. The minimum absolute atomic E-state index is 0.0772. The molecular formula is C14H9Br2ClF4N4O3. The maximum Gasteiger partial charge on any atom is 0.283 e. The van der Waals surface area contributed by atoms with E-state index in [0.29, 0.717) is 4.68 Å². The average Bonchev–Trinajstić information content (AvgIpc) is 2.94. The highest BCUT2D eigenvalue weighted by atomic mass is 79.9. The Balaban J connectivity index is 2.39. The maximum absolute atomic E-state index is 13.3. The van der Waals surface area contributed by atoms with E-state index < -0.39 is 46.1 Å². The second-order valence-corrected chi connectivity index (χ2v) is 7.42. The molecule has 1 heterocycles. The zero-order valence-corrected chi connectivity index (χ0v) is 17.5. The van der Waals surface area contributed by atoms with E-state index in [1.807, 2.05) is 0 Å². The van der Waals surface area contributed by atoms with Crippen LogP contribution in [-0.2, 0) is 4.79 Å². The molecule has 2 rings (SSSR count). The molecule has 7 nitrogen and oxygen atoms in total. The van der Waals surface area contributed by atoms with Crippen molar-refractivity contribution in [3.8, 4) is 0 Å². The van der Waals surface area contributed by atoms with Crippen molar-refractivity contribution >= 4 is 60.7 Å². The molecule has 0 spiro atoms. The third kappa shape index (κ3) is 4.46. The highest BCUT2D eigenvalue weighted by molar-refractivity contribution is 9.11. The number of nitrogens with zero attached hydrogens (tertiary/aromatic N) is 3. The molecule has 1 N–H and O–H groups in total. The molecule has 14 heteroatoms. The number of non-ortho nitro benzene ring substituents is 1. The van der Waals surface area contributed by atoms with Crippen molar-refractivity contribution in [1.82, 2.24) is 9.78 Å². The van der Waals surface area contributed by atoms with Crippen LogP contribution in [0.4, 0.5) is 28.9 Å². The Hall–Kier alpha value is -1.73. The molecule has 0 saturated carbocycles. The van der Waals surface area contributed by atoms with Crippen LogP contribution in [0.2, 0.25) is 5.02 Å². The van der Waals surface area contributed by atoms with Gasteiger partial charge in [-0.3, -0.25) is 14.9 Å². The molecule has 0 radical (unpaired) electrons. The zero-order valence-electron chi connectivity index (χ0n) is 13.6. The third-order valence-electron chi connectivity index (χ3n) is 3.56. The largest absolute Gasteiger partial charge is 0.322 e. The summed E-state index contributed by atoms with van der Waals surface area (Å²) in [5.74, 6) is -0.892. The van der Waals surface area contributed by atoms with Gasteiger partial charge in [0.15, 0.2) is 0 Å². The molecule has 2 aromatic rings. The first-order valence-electron chi connectivity index (χ1n) is 7.24. The lowest BCUT2D eigenvalue weighted by Gasteiger charge is -2.17. The topological polar surface area (TPSA) is 90.1 Å². The van der Waals surface area contributed by atoms with Gasteiger partial charge in [0.05, 0.1) is 15.6 Å². The maximum atomic E-state index is 13.3. The van der Waals surface area contributed by atoms with Crippen LogP contribution < -0.4 is 5.32 Å². The molecule has 1 atom stereocenters. The van der Waals surface area contributed by atoms with Gasteiger partial charge in [-0.15, -0.1) is 0 Å². The molecule has 1 aromatic carbocycles. The van der Waals surface area contributed by atoms with Gasteiger partial charge < -0.3 is 5.32 Å². The Labute approximate surface area is 176 Å². The van der Waals surface area contributed by atoms with E-state index in [4.69, 9.17) is 11.6 Å². The first-order chi connectivity index (χ1) is 13.0. The quantitative estimate of drug-likeness (QED) is 0.269. The molecule has 28 heavy (non-hydrogen) atoms. The van der Waals surface area contributed by atoms with Crippen molar-refractivity contribution in [2.75, 3.05) is 5.32 Å². The SMILES string of the molecule is CC(C(=O)Nc1c(Br)cc([N+](=O)[O-])cc1Br)n1nc(C(F)F)c(Cl)c1C(F)F. The number of carbonyl (C=O) groups is 1. The van der Waals surface area contributed by atoms with Crippen molar-refractivity contribution < 1.29 is 27.3 Å². The molecule has 0 aliphatic carbocycles. The Kier molecular flexibility index (Phi) is 7.04. The molecule has 0 bridgehead atoms. The van der Waals surface area contributed by atoms with Crippen molar-refractivity contribution in [2.24, 2.45) is 0 Å². The number of hydrogen-bond donors (Lipinski definition) is 1. The standard InChI is InChI=1S/C14H9Br2ClF4N4O3/c1-4(24-11(13(20)21)8(17)10(23-24)12(18)19)14(26)22-9-6(15)2-5(25(27)28)3-7(9)16/h2-4,12-13H,1H3,(H,22,26). The van der Waals surface area contributed by atoms with Crippen molar-refractivity contribution in [1.29, 1.82) is 0 Å². The van der Waals surface area contributed by atoms with Crippen LogP contribution >= 0.6 is 43.5 Å². The molecule has 1 unspecified atom stereocenters. The van der Waals surface area contributed by atoms with Gasteiger partial charge in [-0.05, 0) is 38.8 Å². The van der Waals surface area contributed by atoms with E-state index in [1.54, 1.807) is 0 Å². The minimum atomic E-state index is -3.25. The van der Waals surface area contributed by atoms with Gasteiger partial charge in [0, 0.05) is 21.1 Å². The summed E-state index contributed by atoms with van der Waals surface area (Å²) < 4.78 is 53.1. The summed E-state index contributed by atoms with van der Waals surface area (Å²) in [4.78, 5) is 22.7. The van der Waals surface area contributed by atoms with Gasteiger partial charge in [0.25, 0.3) is 18.5 Å². The summed E-state index contributed by atoms with van der Waals surface area (Å²) in [6.45, 7) is 1.16. The Bertz CT molecular complexity index is 919. The fraction of sp³-hybridized carbons (Fsp3) is 0.286. The average molecular weight is 553 g/mol. The number of nitrogens with one attached hydrogen (secondary N) is 1. The highest BCUT2D eigenvalue weighted by Gasteiger charge is 2.32. The summed E-state index contributed by atoms with van der Waals surface area (Å²) in [6.07, 6.45) is -6.46. The van der Waals surface area contributed by atoms with Gasteiger partial charge >= 0.3 is 0 Å². The monoisotopic (exact) mass is 550 g/mol. The summed E-state index contributed by atoms with van der Waals surface area (Å²) in [5.41, 5.74) is -2.27. The summed E-state index contributed by atoms with van der Waals surface area (Å²) in [6, 6.07) is 0.799. The Morgan fingerprint density at radius 2 is 1.79 bits per heavy atom. The molecule has 1 aromatic heterocycles. The number of hydrogen-bond acceptors (Lipinski definition) is 4. The van der Waals surface area contributed by atoms with E-state index in [0.717, 1.165) is 19.1 Å². The van der Waals surface area contributed by atoms with Crippen LogP contribution in [0.1, 0.15) is 37.2 Å². The number of amides is 1. The lowest BCUT2D eigenvalue weighted by atomic mass is 10.2. The summed E-state index contributed by atoms with van der Waals surface area (Å²) in [7, 11) is 0. The van der Waals surface area contributed by atoms with Crippen LogP contribution in [0, 0.1) is 10.1 Å². The van der Waals surface area contributed by atoms with E-state index in [9.17, 15) is 32.5 Å². The van der Waals surface area contributed by atoms with Crippen molar-refractivity contribution in [3.63, 3.8) is 0 Å². The molecule has 1 amide bonds. The number of aromatic nitrogens is 2.